The number of carbonyl (C=O) groups is 1. The van der Waals surface area contributed by atoms with Gasteiger partial charge in [0.2, 0.25) is 0 Å². The van der Waals surface area contributed by atoms with Gasteiger partial charge in [0, 0.05) is 0 Å². The van der Waals surface area contributed by atoms with E-state index in [4.69, 9.17) is 0 Å². The Balaban J connectivity index is 2.83. The third-order valence-corrected chi connectivity index (χ3v) is 0.657. The van der Waals surface area contributed by atoms with Crippen LogP contribution < -0.4 is 0 Å². The quantitative estimate of drug-likeness (QED) is 0.411. The van der Waals surface area contributed by atoms with Gasteiger partial charge in [-0.1, -0.05) is 0 Å². The van der Waals surface area contributed by atoms with Gasteiger partial charge in [-0.15, -0.1) is 0 Å². The molecule has 0 aliphatic rings. The molecule has 0 rings (SSSR count). The molecule has 0 saturated heterocycles. The molecule has 0 aromatic carbocycles. The first-order valence-electron chi connectivity index (χ1n) is 2.68. The first-order chi connectivity index (χ1) is 4.77. The molecule has 0 aliphatic heterocycles. The van der Waals surface area contributed by atoms with Crippen LogP contribution in [0.3, 0.4) is 0 Å². The van der Waals surface area contributed by atoms with Crippen molar-refractivity contribution in [1.29, 1.82) is 0 Å². The van der Waals surface area contributed by atoms with Crippen molar-refractivity contribution in [2.75, 3.05) is 19.8 Å². The molecule has 0 atom stereocenters. The predicted molar refractivity (Wildman–Crippen MR) is 28.8 cm³/mol. The molecule has 0 radical (unpaired) electrons. The zero-order chi connectivity index (χ0) is 7.82. The second kappa shape index (κ2) is 6.41. The molecule has 0 aliphatic carbocycles. The van der Waals surface area contributed by atoms with E-state index >= 15 is 0 Å². The highest BCUT2D eigenvalue weighted by Crippen LogP contribution is 1.91. The van der Waals surface area contributed by atoms with E-state index < -0.39 is 13.0 Å². The number of hydrogen-bond donors (Lipinski definition) is 0. The Morgan fingerprint density at radius 3 is 2.60 bits per heavy atom. The molecular weight excluding hydrogens is 146 g/mol. The van der Waals surface area contributed by atoms with Gasteiger partial charge in [-0.3, -0.25) is 4.79 Å². The minimum absolute atomic E-state index is 0.0169. The van der Waals surface area contributed by atoms with Crippen molar-refractivity contribution in [3.8, 4) is 0 Å². The Kier molecular flexibility index (Phi) is 5.96. The fourth-order valence-electron chi connectivity index (χ4n) is 0.328. The van der Waals surface area contributed by atoms with Crippen molar-refractivity contribution in [2.24, 2.45) is 0 Å². The fourth-order valence-corrected chi connectivity index (χ4v) is 0.328. The van der Waals surface area contributed by atoms with Crippen LogP contribution in [0.2, 0.25) is 0 Å². The standard InChI is InChI=1S/C5H8F2O3/c6-5(7)3-9-1-2-10-4-8/h4-5H,1-3H2. The molecule has 0 spiro atoms. The van der Waals surface area contributed by atoms with Crippen molar-refractivity contribution in [1.82, 2.24) is 0 Å². The number of ether oxygens (including phenoxy) is 2. The lowest BCUT2D eigenvalue weighted by atomic mass is 10.7. The Bertz CT molecular complexity index is 87.0. The van der Waals surface area contributed by atoms with Crippen LogP contribution in [0.25, 0.3) is 0 Å². The van der Waals surface area contributed by atoms with E-state index in [1.54, 1.807) is 0 Å². The Labute approximate surface area is 56.9 Å². The normalized spacial score (nSPS) is 9.90. The zero-order valence-corrected chi connectivity index (χ0v) is 5.26. The lowest BCUT2D eigenvalue weighted by Gasteiger charge is -2.00. The van der Waals surface area contributed by atoms with Crippen molar-refractivity contribution < 1.29 is 23.0 Å². The topological polar surface area (TPSA) is 35.5 Å². The first-order valence-corrected chi connectivity index (χ1v) is 2.68. The maximum Gasteiger partial charge on any atom is 0.293 e. The van der Waals surface area contributed by atoms with Crippen molar-refractivity contribution >= 4 is 6.47 Å². The van der Waals surface area contributed by atoms with E-state index in [2.05, 4.69) is 9.47 Å². The summed E-state index contributed by atoms with van der Waals surface area (Å²) < 4.78 is 31.1. The Morgan fingerprint density at radius 2 is 2.10 bits per heavy atom. The van der Waals surface area contributed by atoms with Crippen LogP contribution in [0.1, 0.15) is 0 Å². The number of hydrogen-bond acceptors (Lipinski definition) is 3. The van der Waals surface area contributed by atoms with Crippen LogP contribution >= 0.6 is 0 Å². The van der Waals surface area contributed by atoms with Crippen molar-refractivity contribution in [2.45, 2.75) is 6.43 Å². The smallest absolute Gasteiger partial charge is 0.293 e. The third kappa shape index (κ3) is 7.29. The predicted octanol–water partition coefficient (Wildman–Crippen LogP) is 0.441. The molecule has 0 heterocycles. The van der Waals surface area contributed by atoms with Gasteiger partial charge >= 0.3 is 0 Å². The first kappa shape index (κ1) is 9.29. The van der Waals surface area contributed by atoms with Crippen molar-refractivity contribution in [3.63, 3.8) is 0 Å². The largest absolute Gasteiger partial charge is 0.465 e. The number of carbonyl (C=O) groups excluding carboxylic acids is 1. The molecule has 0 aromatic rings. The minimum Gasteiger partial charge on any atom is -0.465 e. The summed E-state index contributed by atoms with van der Waals surface area (Å²) >= 11 is 0. The lowest BCUT2D eigenvalue weighted by molar-refractivity contribution is -0.130. The van der Waals surface area contributed by atoms with Gasteiger partial charge in [0.05, 0.1) is 6.61 Å². The third-order valence-electron chi connectivity index (χ3n) is 0.657. The van der Waals surface area contributed by atoms with Gasteiger partial charge in [0.25, 0.3) is 12.9 Å². The van der Waals surface area contributed by atoms with Gasteiger partial charge in [-0.05, 0) is 0 Å². The highest BCUT2D eigenvalue weighted by Gasteiger charge is 2.00. The van der Waals surface area contributed by atoms with Crippen LogP contribution in [0.4, 0.5) is 8.78 Å². The van der Waals surface area contributed by atoms with Gasteiger partial charge in [0.1, 0.15) is 13.2 Å². The number of alkyl halides is 2. The zero-order valence-electron chi connectivity index (χ0n) is 5.26. The average Bonchev–Trinajstić information content (AvgIpc) is 1.87. The van der Waals surface area contributed by atoms with E-state index in [1.807, 2.05) is 0 Å². The number of halogens is 2. The monoisotopic (exact) mass is 154 g/mol. The fraction of sp³-hybridized carbons (Fsp3) is 0.800. The van der Waals surface area contributed by atoms with E-state index in [1.165, 1.54) is 0 Å². The Morgan fingerprint density at radius 1 is 1.40 bits per heavy atom. The summed E-state index contributed by atoms with van der Waals surface area (Å²) in [6, 6.07) is 0. The van der Waals surface area contributed by atoms with Gasteiger partial charge in [-0.25, -0.2) is 8.78 Å². The molecule has 60 valence electrons. The van der Waals surface area contributed by atoms with Gasteiger partial charge < -0.3 is 9.47 Å². The molecule has 0 unspecified atom stereocenters. The molecule has 0 amide bonds. The molecule has 0 bridgehead atoms. The molecule has 0 N–H and O–H groups in total. The summed E-state index contributed by atoms with van der Waals surface area (Å²) in [4.78, 5) is 9.48. The average molecular weight is 154 g/mol. The van der Waals surface area contributed by atoms with Crippen molar-refractivity contribution in [3.05, 3.63) is 0 Å². The van der Waals surface area contributed by atoms with Crippen LogP contribution in [-0.4, -0.2) is 32.7 Å². The summed E-state index contributed by atoms with van der Waals surface area (Å²) in [7, 11) is 0. The highest BCUT2D eigenvalue weighted by atomic mass is 19.3. The highest BCUT2D eigenvalue weighted by molar-refractivity contribution is 5.36. The van der Waals surface area contributed by atoms with E-state index in [0.29, 0.717) is 0 Å². The molecule has 0 saturated carbocycles. The van der Waals surface area contributed by atoms with Gasteiger partial charge in [-0.2, -0.15) is 0 Å². The minimum atomic E-state index is -2.46. The summed E-state index contributed by atoms with van der Waals surface area (Å²) in [5.74, 6) is 0. The van der Waals surface area contributed by atoms with Crippen LogP contribution in [0.5, 0.6) is 0 Å². The maximum absolute atomic E-state index is 11.3. The maximum atomic E-state index is 11.3. The second-order valence-electron chi connectivity index (χ2n) is 1.43. The summed E-state index contributed by atoms with van der Waals surface area (Å²) in [5, 5.41) is 0. The van der Waals surface area contributed by atoms with Gasteiger partial charge in [0.15, 0.2) is 0 Å². The molecule has 0 fully saturated rings. The van der Waals surface area contributed by atoms with Crippen LogP contribution in [0, 0.1) is 0 Å². The van der Waals surface area contributed by atoms with E-state index in [0.717, 1.165) is 0 Å². The SMILES string of the molecule is O=COCCOCC(F)F. The van der Waals surface area contributed by atoms with E-state index in [9.17, 15) is 13.6 Å². The molecule has 3 nitrogen and oxygen atoms in total. The van der Waals surface area contributed by atoms with Crippen LogP contribution in [0.15, 0.2) is 0 Å². The number of rotatable bonds is 6. The Hall–Kier alpha value is -0.710. The van der Waals surface area contributed by atoms with Crippen LogP contribution in [-0.2, 0) is 14.3 Å². The molecule has 5 heteroatoms. The molecular formula is C5H8F2O3. The summed E-state index contributed by atoms with van der Waals surface area (Å²) in [6.07, 6.45) is -2.46. The molecule has 10 heavy (non-hydrogen) atoms. The lowest BCUT2D eigenvalue weighted by Crippen LogP contribution is -2.09. The second-order valence-corrected chi connectivity index (χ2v) is 1.43. The molecule has 0 aromatic heterocycles. The van der Waals surface area contributed by atoms with E-state index in [-0.39, 0.29) is 19.7 Å². The summed E-state index contributed by atoms with van der Waals surface area (Å²) in [6.45, 7) is -0.326. The summed E-state index contributed by atoms with van der Waals surface area (Å²) in [5.41, 5.74) is 0.